The van der Waals surface area contributed by atoms with Gasteiger partial charge in [0.15, 0.2) is 0 Å². The Bertz CT molecular complexity index is 235. The van der Waals surface area contributed by atoms with Gasteiger partial charge in [0.25, 0.3) is 0 Å². The minimum atomic E-state index is -0.162. The number of aliphatic hydroxyl groups excluding tert-OH is 1. The summed E-state index contributed by atoms with van der Waals surface area (Å²) in [5.41, 5.74) is 0. The fourth-order valence-electron chi connectivity index (χ4n) is 3.85. The highest BCUT2D eigenvalue weighted by Gasteiger charge is 2.40. The molecule has 0 aromatic heterocycles. The van der Waals surface area contributed by atoms with Gasteiger partial charge >= 0.3 is 0 Å². The second kappa shape index (κ2) is 5.71. The van der Waals surface area contributed by atoms with E-state index in [9.17, 15) is 5.11 Å². The first kappa shape index (κ1) is 13.4. The Hall–Kier alpha value is -0.0800. The Morgan fingerprint density at radius 2 is 1.76 bits per heavy atom. The van der Waals surface area contributed by atoms with Gasteiger partial charge < -0.3 is 9.84 Å². The van der Waals surface area contributed by atoms with E-state index in [0.717, 1.165) is 12.3 Å². The van der Waals surface area contributed by atoms with Crippen LogP contribution in [-0.4, -0.2) is 23.4 Å². The molecular weight excluding hydrogens is 212 g/mol. The Morgan fingerprint density at radius 1 is 1.12 bits per heavy atom. The molecule has 2 heteroatoms. The molecule has 1 saturated carbocycles. The quantitative estimate of drug-likeness (QED) is 0.816. The molecule has 5 unspecified atom stereocenters. The van der Waals surface area contributed by atoms with E-state index in [0.29, 0.717) is 17.9 Å². The van der Waals surface area contributed by atoms with Crippen LogP contribution in [0.25, 0.3) is 0 Å². The average molecular weight is 240 g/mol. The van der Waals surface area contributed by atoms with Crippen LogP contribution in [0.4, 0.5) is 0 Å². The van der Waals surface area contributed by atoms with Gasteiger partial charge in [-0.25, -0.2) is 0 Å². The van der Waals surface area contributed by atoms with Crippen LogP contribution in [0, 0.1) is 17.8 Å². The molecule has 2 fully saturated rings. The molecule has 2 nitrogen and oxygen atoms in total. The van der Waals surface area contributed by atoms with Gasteiger partial charge in [-0.15, -0.1) is 0 Å². The number of ether oxygens (including phenoxy) is 1. The Balaban J connectivity index is 1.80. The zero-order chi connectivity index (χ0) is 12.4. The summed E-state index contributed by atoms with van der Waals surface area (Å²) in [6.07, 6.45) is 8.12. The van der Waals surface area contributed by atoms with E-state index in [2.05, 4.69) is 20.8 Å². The molecule has 0 bridgehead atoms. The van der Waals surface area contributed by atoms with E-state index in [1.807, 2.05) is 0 Å². The summed E-state index contributed by atoms with van der Waals surface area (Å²) in [5.74, 6) is 1.71. The van der Waals surface area contributed by atoms with Crippen molar-refractivity contribution in [1.82, 2.24) is 0 Å². The van der Waals surface area contributed by atoms with Gasteiger partial charge in [0.2, 0.25) is 0 Å². The average Bonchev–Trinajstić information content (AvgIpc) is 2.86. The van der Waals surface area contributed by atoms with Crippen molar-refractivity contribution in [2.24, 2.45) is 17.8 Å². The second-order valence-corrected chi connectivity index (χ2v) is 6.28. The number of hydrogen-bond donors (Lipinski definition) is 1. The number of hydrogen-bond acceptors (Lipinski definition) is 2. The summed E-state index contributed by atoms with van der Waals surface area (Å²) in [5, 5.41) is 10.4. The molecule has 1 aliphatic carbocycles. The summed E-state index contributed by atoms with van der Waals surface area (Å²) in [6.45, 7) is 6.46. The highest BCUT2D eigenvalue weighted by molar-refractivity contribution is 4.88. The molecule has 17 heavy (non-hydrogen) atoms. The van der Waals surface area contributed by atoms with Gasteiger partial charge in [0.1, 0.15) is 0 Å². The van der Waals surface area contributed by atoms with E-state index in [1.54, 1.807) is 0 Å². The maximum absolute atomic E-state index is 10.4. The number of rotatable bonds is 4. The summed E-state index contributed by atoms with van der Waals surface area (Å²) in [7, 11) is 0. The SMILES string of the molecule is CC1OC(C)C(C(O)CCC2CCCC2)C1C. The van der Waals surface area contributed by atoms with Gasteiger partial charge in [-0.3, -0.25) is 0 Å². The molecule has 1 saturated heterocycles. The Morgan fingerprint density at radius 3 is 2.29 bits per heavy atom. The van der Waals surface area contributed by atoms with E-state index in [1.165, 1.54) is 32.1 Å². The third-order valence-electron chi connectivity index (χ3n) is 5.11. The van der Waals surface area contributed by atoms with Gasteiger partial charge in [-0.05, 0) is 38.5 Å². The van der Waals surface area contributed by atoms with Crippen LogP contribution < -0.4 is 0 Å². The Kier molecular flexibility index (Phi) is 4.48. The van der Waals surface area contributed by atoms with Crippen molar-refractivity contribution in [1.29, 1.82) is 0 Å². The van der Waals surface area contributed by atoms with E-state index >= 15 is 0 Å². The van der Waals surface area contributed by atoms with Crippen LogP contribution in [0.15, 0.2) is 0 Å². The molecule has 0 radical (unpaired) electrons. The fraction of sp³-hybridized carbons (Fsp3) is 1.00. The standard InChI is InChI=1S/C15H28O2/c1-10-11(2)17-12(3)15(10)14(16)9-8-13-6-4-5-7-13/h10-16H,4-9H2,1-3H3. The predicted octanol–water partition coefficient (Wildman–Crippen LogP) is 3.38. The number of aliphatic hydroxyl groups is 1. The van der Waals surface area contributed by atoms with Gasteiger partial charge in [0.05, 0.1) is 18.3 Å². The molecule has 100 valence electrons. The lowest BCUT2D eigenvalue weighted by Crippen LogP contribution is -2.31. The maximum Gasteiger partial charge on any atom is 0.0607 e. The molecule has 2 aliphatic rings. The zero-order valence-corrected chi connectivity index (χ0v) is 11.6. The van der Waals surface area contributed by atoms with E-state index in [-0.39, 0.29) is 12.2 Å². The van der Waals surface area contributed by atoms with Crippen LogP contribution in [0.3, 0.4) is 0 Å². The first-order valence-corrected chi connectivity index (χ1v) is 7.43. The molecule has 0 aromatic carbocycles. The largest absolute Gasteiger partial charge is 0.393 e. The minimum Gasteiger partial charge on any atom is -0.393 e. The van der Waals surface area contributed by atoms with Crippen molar-refractivity contribution in [2.45, 2.75) is 77.6 Å². The molecular formula is C15H28O2. The zero-order valence-electron chi connectivity index (χ0n) is 11.6. The van der Waals surface area contributed by atoms with Crippen LogP contribution in [0.2, 0.25) is 0 Å². The molecule has 1 heterocycles. The van der Waals surface area contributed by atoms with Crippen LogP contribution >= 0.6 is 0 Å². The highest BCUT2D eigenvalue weighted by Crippen LogP contribution is 2.37. The van der Waals surface area contributed by atoms with Gasteiger partial charge in [-0.1, -0.05) is 32.6 Å². The van der Waals surface area contributed by atoms with Crippen molar-refractivity contribution in [3.63, 3.8) is 0 Å². The van der Waals surface area contributed by atoms with Gasteiger partial charge in [0, 0.05) is 5.92 Å². The summed E-state index contributed by atoms with van der Waals surface area (Å²) >= 11 is 0. The van der Waals surface area contributed by atoms with Crippen molar-refractivity contribution in [3.05, 3.63) is 0 Å². The van der Waals surface area contributed by atoms with E-state index in [4.69, 9.17) is 4.74 Å². The van der Waals surface area contributed by atoms with Gasteiger partial charge in [-0.2, -0.15) is 0 Å². The minimum absolute atomic E-state index is 0.162. The smallest absolute Gasteiger partial charge is 0.0607 e. The van der Waals surface area contributed by atoms with Crippen molar-refractivity contribution >= 4 is 0 Å². The molecule has 0 spiro atoms. The normalized spacial score (nSPS) is 40.9. The van der Waals surface area contributed by atoms with Crippen LogP contribution in [-0.2, 0) is 4.74 Å². The van der Waals surface area contributed by atoms with Crippen LogP contribution in [0.5, 0.6) is 0 Å². The van der Waals surface area contributed by atoms with Crippen molar-refractivity contribution in [2.75, 3.05) is 0 Å². The lowest BCUT2D eigenvalue weighted by atomic mass is 9.82. The molecule has 0 aromatic rings. The Labute approximate surface area is 106 Å². The van der Waals surface area contributed by atoms with Crippen LogP contribution in [0.1, 0.15) is 59.3 Å². The second-order valence-electron chi connectivity index (χ2n) is 6.28. The summed E-state index contributed by atoms with van der Waals surface area (Å²) in [4.78, 5) is 0. The topological polar surface area (TPSA) is 29.5 Å². The third-order valence-corrected chi connectivity index (χ3v) is 5.11. The van der Waals surface area contributed by atoms with Crippen molar-refractivity contribution in [3.8, 4) is 0 Å². The highest BCUT2D eigenvalue weighted by atomic mass is 16.5. The first-order chi connectivity index (χ1) is 8.09. The predicted molar refractivity (Wildman–Crippen MR) is 69.9 cm³/mol. The summed E-state index contributed by atoms with van der Waals surface area (Å²) in [6, 6.07) is 0. The molecule has 5 atom stereocenters. The monoisotopic (exact) mass is 240 g/mol. The summed E-state index contributed by atoms with van der Waals surface area (Å²) < 4.78 is 5.82. The molecule has 2 rings (SSSR count). The van der Waals surface area contributed by atoms with Crippen molar-refractivity contribution < 1.29 is 9.84 Å². The first-order valence-electron chi connectivity index (χ1n) is 7.43. The molecule has 0 amide bonds. The lowest BCUT2D eigenvalue weighted by molar-refractivity contribution is 0.0191. The molecule has 1 aliphatic heterocycles. The third kappa shape index (κ3) is 3.03. The fourth-order valence-corrected chi connectivity index (χ4v) is 3.85. The maximum atomic E-state index is 10.4. The molecule has 1 N–H and O–H groups in total. The lowest BCUT2D eigenvalue weighted by Gasteiger charge is -2.25. The van der Waals surface area contributed by atoms with E-state index < -0.39 is 0 Å².